The third-order valence-electron chi connectivity index (χ3n) is 2.78. The SMILES string of the molecule is CCC(c1ccc(C(N)=O)c(F)c1CO)S(=O)(=O)O. The molecule has 1 aromatic carbocycles. The van der Waals surface area contributed by atoms with Gasteiger partial charge in [0.05, 0.1) is 12.2 Å². The van der Waals surface area contributed by atoms with Crippen LogP contribution in [0.5, 0.6) is 0 Å². The number of rotatable bonds is 5. The molecule has 0 aromatic heterocycles. The molecule has 0 aliphatic carbocycles. The zero-order valence-corrected chi connectivity index (χ0v) is 10.9. The molecule has 4 N–H and O–H groups in total. The standard InChI is InChI=1S/C11H14FNO5S/c1-2-9(19(16,17)18)6-3-4-7(11(13)15)10(12)8(6)5-14/h3-4,9,14H,2,5H2,1H3,(H2,13,15)(H,16,17,18). The lowest BCUT2D eigenvalue weighted by Crippen LogP contribution is -2.18. The average Bonchev–Trinajstić information content (AvgIpc) is 2.27. The number of carbonyl (C=O) groups is 1. The van der Waals surface area contributed by atoms with Gasteiger partial charge in [-0.25, -0.2) is 4.39 Å². The van der Waals surface area contributed by atoms with Crippen LogP contribution in [-0.4, -0.2) is 24.0 Å². The minimum absolute atomic E-state index is 0.0127. The van der Waals surface area contributed by atoms with Crippen molar-refractivity contribution >= 4 is 16.0 Å². The topological polar surface area (TPSA) is 118 Å². The number of aliphatic hydroxyl groups excluding tert-OH is 1. The van der Waals surface area contributed by atoms with Crippen LogP contribution >= 0.6 is 0 Å². The maximum atomic E-state index is 13.9. The van der Waals surface area contributed by atoms with Crippen LogP contribution in [0.25, 0.3) is 0 Å². The van der Waals surface area contributed by atoms with Crippen LogP contribution in [-0.2, 0) is 16.7 Å². The molecule has 19 heavy (non-hydrogen) atoms. The van der Waals surface area contributed by atoms with Crippen LogP contribution in [0.4, 0.5) is 4.39 Å². The molecule has 0 bridgehead atoms. The van der Waals surface area contributed by atoms with E-state index < -0.39 is 39.3 Å². The van der Waals surface area contributed by atoms with Crippen molar-refractivity contribution in [1.29, 1.82) is 0 Å². The summed E-state index contributed by atoms with van der Waals surface area (Å²) in [6.45, 7) is 0.674. The molecule has 0 saturated carbocycles. The van der Waals surface area contributed by atoms with Crippen molar-refractivity contribution in [3.63, 3.8) is 0 Å². The minimum Gasteiger partial charge on any atom is -0.392 e. The first kappa shape index (κ1) is 15.5. The van der Waals surface area contributed by atoms with E-state index in [2.05, 4.69) is 0 Å². The van der Waals surface area contributed by atoms with E-state index in [0.717, 1.165) is 12.1 Å². The van der Waals surface area contributed by atoms with Gasteiger partial charge in [0.25, 0.3) is 16.0 Å². The average molecular weight is 291 g/mol. The molecule has 0 saturated heterocycles. The molecule has 0 spiro atoms. The highest BCUT2D eigenvalue weighted by molar-refractivity contribution is 7.86. The summed E-state index contributed by atoms with van der Waals surface area (Å²) in [5.74, 6) is -2.10. The maximum absolute atomic E-state index is 13.9. The van der Waals surface area contributed by atoms with Gasteiger partial charge >= 0.3 is 0 Å². The molecule has 0 fully saturated rings. The molecule has 106 valence electrons. The Morgan fingerprint density at radius 3 is 2.42 bits per heavy atom. The second kappa shape index (κ2) is 5.64. The zero-order chi connectivity index (χ0) is 14.8. The van der Waals surface area contributed by atoms with E-state index in [1.54, 1.807) is 0 Å². The van der Waals surface area contributed by atoms with Crippen molar-refractivity contribution in [2.75, 3.05) is 0 Å². The van der Waals surface area contributed by atoms with Crippen molar-refractivity contribution in [1.82, 2.24) is 0 Å². The molecular weight excluding hydrogens is 277 g/mol. The van der Waals surface area contributed by atoms with Gasteiger partial charge in [0.1, 0.15) is 11.1 Å². The smallest absolute Gasteiger partial charge is 0.271 e. The van der Waals surface area contributed by atoms with E-state index >= 15 is 0 Å². The van der Waals surface area contributed by atoms with Crippen LogP contribution in [0.3, 0.4) is 0 Å². The Morgan fingerprint density at radius 2 is 2.05 bits per heavy atom. The summed E-state index contributed by atoms with van der Waals surface area (Å²) in [6, 6.07) is 2.19. The molecule has 1 unspecified atom stereocenters. The van der Waals surface area contributed by atoms with Crippen LogP contribution in [0.1, 0.15) is 40.1 Å². The zero-order valence-electron chi connectivity index (χ0n) is 10.1. The third kappa shape index (κ3) is 3.09. The van der Waals surface area contributed by atoms with Gasteiger partial charge < -0.3 is 10.8 Å². The fourth-order valence-electron chi connectivity index (χ4n) is 1.88. The van der Waals surface area contributed by atoms with Gasteiger partial charge in [0.15, 0.2) is 0 Å². The molecule has 1 rings (SSSR count). The number of nitrogens with two attached hydrogens (primary N) is 1. The largest absolute Gasteiger partial charge is 0.392 e. The molecule has 0 radical (unpaired) electrons. The van der Waals surface area contributed by atoms with Gasteiger partial charge in [-0.1, -0.05) is 13.0 Å². The van der Waals surface area contributed by atoms with Gasteiger partial charge in [-0.2, -0.15) is 8.42 Å². The molecule has 0 aliphatic heterocycles. The molecule has 1 atom stereocenters. The fourth-order valence-corrected chi connectivity index (χ4v) is 2.84. The van der Waals surface area contributed by atoms with Crippen molar-refractivity contribution in [3.8, 4) is 0 Å². The Labute approximate surface area is 109 Å². The van der Waals surface area contributed by atoms with Gasteiger partial charge in [0, 0.05) is 5.56 Å². The van der Waals surface area contributed by atoms with Gasteiger partial charge in [0.2, 0.25) is 0 Å². The summed E-state index contributed by atoms with van der Waals surface area (Å²) < 4.78 is 45.5. The summed E-state index contributed by atoms with van der Waals surface area (Å²) >= 11 is 0. The first-order valence-electron chi connectivity index (χ1n) is 5.42. The Balaban J connectivity index is 3.54. The summed E-state index contributed by atoms with van der Waals surface area (Å²) in [5, 5.41) is 7.78. The van der Waals surface area contributed by atoms with E-state index in [1.807, 2.05) is 0 Å². The Bertz CT molecular complexity index is 599. The van der Waals surface area contributed by atoms with Crippen LogP contribution in [0, 0.1) is 5.82 Å². The van der Waals surface area contributed by atoms with E-state index in [4.69, 9.17) is 15.4 Å². The fraction of sp³-hybridized carbons (Fsp3) is 0.364. The summed E-state index contributed by atoms with van der Waals surface area (Å²) in [6.07, 6.45) is -0.0127. The number of aliphatic hydroxyl groups is 1. The summed E-state index contributed by atoms with van der Waals surface area (Å²) in [4.78, 5) is 11.0. The van der Waals surface area contributed by atoms with E-state index in [0.29, 0.717) is 0 Å². The minimum atomic E-state index is -4.44. The third-order valence-corrected chi connectivity index (χ3v) is 4.09. The number of benzene rings is 1. The number of hydrogen-bond acceptors (Lipinski definition) is 4. The molecule has 0 heterocycles. The number of amides is 1. The lowest BCUT2D eigenvalue weighted by atomic mass is 9.99. The van der Waals surface area contributed by atoms with Crippen molar-refractivity contribution in [3.05, 3.63) is 34.6 Å². The van der Waals surface area contributed by atoms with Crippen LogP contribution in [0.15, 0.2) is 12.1 Å². The van der Waals surface area contributed by atoms with Crippen molar-refractivity contribution < 1.29 is 27.3 Å². The Hall–Kier alpha value is -1.51. The van der Waals surface area contributed by atoms with Gasteiger partial charge in [-0.05, 0) is 18.1 Å². The number of carbonyl (C=O) groups excluding carboxylic acids is 1. The van der Waals surface area contributed by atoms with E-state index in [1.165, 1.54) is 6.92 Å². The molecule has 8 heteroatoms. The van der Waals surface area contributed by atoms with Crippen molar-refractivity contribution in [2.45, 2.75) is 25.2 Å². The lowest BCUT2D eigenvalue weighted by molar-refractivity contribution is 0.0996. The van der Waals surface area contributed by atoms with Gasteiger partial charge in [-0.15, -0.1) is 0 Å². The Morgan fingerprint density at radius 1 is 1.47 bits per heavy atom. The van der Waals surface area contributed by atoms with Crippen LogP contribution in [0.2, 0.25) is 0 Å². The lowest BCUT2D eigenvalue weighted by Gasteiger charge is -2.17. The first-order chi connectivity index (χ1) is 8.73. The Kier molecular flexibility index (Phi) is 4.61. The normalized spacial score (nSPS) is 13.3. The van der Waals surface area contributed by atoms with Crippen LogP contribution < -0.4 is 5.73 Å². The number of primary amides is 1. The second-order valence-electron chi connectivity index (χ2n) is 3.93. The molecule has 0 aliphatic rings. The van der Waals surface area contributed by atoms with E-state index in [9.17, 15) is 17.6 Å². The highest BCUT2D eigenvalue weighted by Crippen LogP contribution is 2.30. The monoisotopic (exact) mass is 291 g/mol. The molecule has 1 aromatic rings. The highest BCUT2D eigenvalue weighted by atomic mass is 32.2. The summed E-state index contributed by atoms with van der Waals surface area (Å²) in [7, 11) is -4.44. The highest BCUT2D eigenvalue weighted by Gasteiger charge is 2.28. The molecular formula is C11H14FNO5S. The predicted octanol–water partition coefficient (Wildman–Crippen LogP) is 0.756. The van der Waals surface area contributed by atoms with Crippen molar-refractivity contribution in [2.24, 2.45) is 5.73 Å². The molecule has 1 amide bonds. The first-order valence-corrected chi connectivity index (χ1v) is 6.92. The number of halogens is 1. The quantitative estimate of drug-likeness (QED) is 0.692. The summed E-state index contributed by atoms with van der Waals surface area (Å²) in [5.41, 5.74) is 4.06. The number of hydrogen-bond donors (Lipinski definition) is 3. The maximum Gasteiger partial charge on any atom is 0.271 e. The van der Waals surface area contributed by atoms with E-state index in [-0.39, 0.29) is 17.5 Å². The second-order valence-corrected chi connectivity index (χ2v) is 5.53. The predicted molar refractivity (Wildman–Crippen MR) is 65.4 cm³/mol. The molecule has 6 nitrogen and oxygen atoms in total. The van der Waals surface area contributed by atoms with Gasteiger partial charge in [-0.3, -0.25) is 9.35 Å².